The standard InChI is InChI=1S/C18H31NO/c1-7-10-19-17(18(6,8-2)20-9-3)16-12-14(4)11-15(5)13-16/h11-13,17,19H,7-10H2,1-6H3. The summed E-state index contributed by atoms with van der Waals surface area (Å²) in [6, 6.07) is 7.04. The number of hydrogen-bond donors (Lipinski definition) is 1. The first-order valence-corrected chi connectivity index (χ1v) is 7.92. The van der Waals surface area contributed by atoms with E-state index in [2.05, 4.69) is 65.1 Å². The van der Waals surface area contributed by atoms with Crippen molar-refractivity contribution in [3.63, 3.8) is 0 Å². The number of benzene rings is 1. The second-order valence-corrected chi connectivity index (χ2v) is 5.91. The number of aryl methyl sites for hydroxylation is 2. The van der Waals surface area contributed by atoms with Crippen LogP contribution in [0.25, 0.3) is 0 Å². The molecule has 2 atom stereocenters. The second kappa shape index (κ2) is 7.80. The molecule has 20 heavy (non-hydrogen) atoms. The van der Waals surface area contributed by atoms with Crippen molar-refractivity contribution in [2.24, 2.45) is 0 Å². The molecule has 114 valence electrons. The molecule has 0 saturated carbocycles. The lowest BCUT2D eigenvalue weighted by Gasteiger charge is -2.38. The largest absolute Gasteiger partial charge is 0.374 e. The van der Waals surface area contributed by atoms with Crippen LogP contribution in [0.1, 0.15) is 63.3 Å². The molecule has 0 heterocycles. The molecule has 0 aliphatic rings. The van der Waals surface area contributed by atoms with Gasteiger partial charge in [0.05, 0.1) is 11.6 Å². The highest BCUT2D eigenvalue weighted by atomic mass is 16.5. The summed E-state index contributed by atoms with van der Waals surface area (Å²) in [5.74, 6) is 0. The maximum atomic E-state index is 6.11. The highest BCUT2D eigenvalue weighted by molar-refractivity contribution is 5.32. The molecule has 0 spiro atoms. The molecule has 1 N–H and O–H groups in total. The zero-order valence-electron chi connectivity index (χ0n) is 14.0. The van der Waals surface area contributed by atoms with Gasteiger partial charge >= 0.3 is 0 Å². The van der Waals surface area contributed by atoms with E-state index in [1.807, 2.05) is 0 Å². The summed E-state index contributed by atoms with van der Waals surface area (Å²) in [7, 11) is 0. The highest BCUT2D eigenvalue weighted by Gasteiger charge is 2.34. The molecule has 0 amide bonds. The molecular formula is C18H31NO. The van der Waals surface area contributed by atoms with Crippen molar-refractivity contribution in [1.29, 1.82) is 0 Å². The molecule has 2 unspecified atom stereocenters. The van der Waals surface area contributed by atoms with Gasteiger partial charge in [-0.1, -0.05) is 43.2 Å². The molecule has 2 nitrogen and oxygen atoms in total. The fourth-order valence-electron chi connectivity index (χ4n) is 2.87. The minimum atomic E-state index is -0.163. The van der Waals surface area contributed by atoms with Crippen LogP contribution in [0.2, 0.25) is 0 Å². The Labute approximate surface area is 124 Å². The monoisotopic (exact) mass is 277 g/mol. The SMILES string of the molecule is CCCNC(c1cc(C)cc(C)c1)C(C)(CC)OCC. The normalized spacial score (nSPS) is 15.9. The van der Waals surface area contributed by atoms with Crippen molar-refractivity contribution >= 4 is 0 Å². The van der Waals surface area contributed by atoms with Crippen LogP contribution < -0.4 is 5.32 Å². The van der Waals surface area contributed by atoms with Gasteiger partial charge in [-0.3, -0.25) is 0 Å². The predicted octanol–water partition coefficient (Wildman–Crippen LogP) is 4.55. The minimum Gasteiger partial charge on any atom is -0.374 e. The van der Waals surface area contributed by atoms with Crippen molar-refractivity contribution < 1.29 is 4.74 Å². The van der Waals surface area contributed by atoms with Crippen molar-refractivity contribution in [2.75, 3.05) is 13.2 Å². The van der Waals surface area contributed by atoms with E-state index in [9.17, 15) is 0 Å². The molecule has 0 radical (unpaired) electrons. The van der Waals surface area contributed by atoms with E-state index < -0.39 is 0 Å². The fourth-order valence-corrected chi connectivity index (χ4v) is 2.87. The molecule has 0 aromatic heterocycles. The van der Waals surface area contributed by atoms with Gasteiger partial charge in [0.15, 0.2) is 0 Å². The zero-order valence-corrected chi connectivity index (χ0v) is 14.0. The van der Waals surface area contributed by atoms with Gasteiger partial charge in [-0.15, -0.1) is 0 Å². The van der Waals surface area contributed by atoms with Crippen LogP contribution in [0.15, 0.2) is 18.2 Å². The van der Waals surface area contributed by atoms with Gasteiger partial charge in [0.2, 0.25) is 0 Å². The molecule has 1 rings (SSSR count). The summed E-state index contributed by atoms with van der Waals surface area (Å²) in [5, 5.41) is 3.69. The lowest BCUT2D eigenvalue weighted by atomic mass is 9.86. The van der Waals surface area contributed by atoms with Crippen molar-refractivity contribution in [3.8, 4) is 0 Å². The summed E-state index contributed by atoms with van der Waals surface area (Å²) < 4.78 is 6.11. The molecule has 0 fully saturated rings. The molecule has 0 aliphatic carbocycles. The summed E-state index contributed by atoms with van der Waals surface area (Å²) >= 11 is 0. The molecule has 0 saturated heterocycles. The lowest BCUT2D eigenvalue weighted by Crippen LogP contribution is -2.44. The maximum absolute atomic E-state index is 6.11. The van der Waals surface area contributed by atoms with E-state index in [1.54, 1.807) is 0 Å². The third-order valence-electron chi connectivity index (χ3n) is 3.96. The van der Waals surface area contributed by atoms with Gasteiger partial charge in [-0.25, -0.2) is 0 Å². The van der Waals surface area contributed by atoms with Crippen molar-refractivity contribution in [1.82, 2.24) is 5.32 Å². The van der Waals surface area contributed by atoms with Gasteiger partial charge in [-0.05, 0) is 52.6 Å². The summed E-state index contributed by atoms with van der Waals surface area (Å²) in [6.07, 6.45) is 2.13. The first kappa shape index (κ1) is 17.2. The number of rotatable bonds is 8. The fraction of sp³-hybridized carbons (Fsp3) is 0.667. The van der Waals surface area contributed by atoms with Gasteiger partial charge in [0.25, 0.3) is 0 Å². The first-order chi connectivity index (χ1) is 9.46. The van der Waals surface area contributed by atoms with Crippen molar-refractivity contribution in [3.05, 3.63) is 34.9 Å². The molecular weight excluding hydrogens is 246 g/mol. The Morgan fingerprint density at radius 1 is 1.10 bits per heavy atom. The van der Waals surface area contributed by atoms with Crippen LogP contribution in [0, 0.1) is 13.8 Å². The van der Waals surface area contributed by atoms with Crippen LogP contribution in [-0.2, 0) is 4.74 Å². The van der Waals surface area contributed by atoms with E-state index in [1.165, 1.54) is 16.7 Å². The Balaban J connectivity index is 3.15. The third-order valence-corrected chi connectivity index (χ3v) is 3.96. The molecule has 2 heteroatoms. The van der Waals surface area contributed by atoms with E-state index in [-0.39, 0.29) is 11.6 Å². The Morgan fingerprint density at radius 2 is 1.70 bits per heavy atom. The lowest BCUT2D eigenvalue weighted by molar-refractivity contribution is -0.0563. The second-order valence-electron chi connectivity index (χ2n) is 5.91. The van der Waals surface area contributed by atoms with Crippen LogP contribution in [0.5, 0.6) is 0 Å². The first-order valence-electron chi connectivity index (χ1n) is 7.92. The predicted molar refractivity (Wildman–Crippen MR) is 87.3 cm³/mol. The smallest absolute Gasteiger partial charge is 0.0845 e. The van der Waals surface area contributed by atoms with Crippen LogP contribution in [-0.4, -0.2) is 18.8 Å². The van der Waals surface area contributed by atoms with Crippen LogP contribution >= 0.6 is 0 Å². The van der Waals surface area contributed by atoms with Gasteiger partial charge < -0.3 is 10.1 Å². The van der Waals surface area contributed by atoms with Gasteiger partial charge in [0.1, 0.15) is 0 Å². The van der Waals surface area contributed by atoms with Gasteiger partial charge in [-0.2, -0.15) is 0 Å². The zero-order chi connectivity index (χ0) is 15.2. The average Bonchev–Trinajstić information content (AvgIpc) is 2.38. The maximum Gasteiger partial charge on any atom is 0.0845 e. The van der Waals surface area contributed by atoms with Gasteiger partial charge in [0, 0.05) is 6.61 Å². The van der Waals surface area contributed by atoms with E-state index >= 15 is 0 Å². The third kappa shape index (κ3) is 4.32. The number of hydrogen-bond acceptors (Lipinski definition) is 2. The summed E-state index contributed by atoms with van der Waals surface area (Å²) in [5.41, 5.74) is 3.81. The quantitative estimate of drug-likeness (QED) is 0.752. The molecule has 0 bridgehead atoms. The molecule has 1 aromatic rings. The molecule has 0 aliphatic heterocycles. The highest BCUT2D eigenvalue weighted by Crippen LogP contribution is 2.33. The Hall–Kier alpha value is -0.860. The molecule has 1 aromatic carbocycles. The van der Waals surface area contributed by atoms with Crippen molar-refractivity contribution in [2.45, 2.75) is 66.0 Å². The minimum absolute atomic E-state index is 0.163. The summed E-state index contributed by atoms with van der Waals surface area (Å²) in [4.78, 5) is 0. The number of ether oxygens (including phenoxy) is 1. The average molecular weight is 277 g/mol. The number of nitrogens with one attached hydrogen (secondary N) is 1. The van der Waals surface area contributed by atoms with E-state index in [4.69, 9.17) is 4.74 Å². The Bertz CT molecular complexity index is 396. The topological polar surface area (TPSA) is 21.3 Å². The van der Waals surface area contributed by atoms with Crippen LogP contribution in [0.4, 0.5) is 0 Å². The van der Waals surface area contributed by atoms with Crippen LogP contribution in [0.3, 0.4) is 0 Å². The Morgan fingerprint density at radius 3 is 2.15 bits per heavy atom. The summed E-state index contributed by atoms with van der Waals surface area (Å²) in [6.45, 7) is 14.8. The Kier molecular flexibility index (Phi) is 6.70. The van der Waals surface area contributed by atoms with E-state index in [0.29, 0.717) is 0 Å². The van der Waals surface area contributed by atoms with E-state index in [0.717, 1.165) is 26.0 Å².